The van der Waals surface area contributed by atoms with Crippen LogP contribution in [0.1, 0.15) is 44.4 Å². The highest BCUT2D eigenvalue weighted by atomic mass is 19.1. The maximum Gasteiger partial charge on any atom is 0.131 e. The first-order valence-electron chi connectivity index (χ1n) is 5.74. The number of hydrogen-bond acceptors (Lipinski definition) is 1. The van der Waals surface area contributed by atoms with E-state index in [1.807, 2.05) is 20.8 Å². The lowest BCUT2D eigenvalue weighted by molar-refractivity contribution is 0.179. The van der Waals surface area contributed by atoms with Crippen LogP contribution in [0.3, 0.4) is 0 Å². The summed E-state index contributed by atoms with van der Waals surface area (Å²) in [5, 5.41) is 9.88. The van der Waals surface area contributed by atoms with Crippen LogP contribution in [0.2, 0.25) is 0 Å². The van der Waals surface area contributed by atoms with Gasteiger partial charge in [0, 0.05) is 17.4 Å². The van der Waals surface area contributed by atoms with E-state index in [1.54, 1.807) is 25.1 Å². The van der Waals surface area contributed by atoms with Crippen molar-refractivity contribution in [3.8, 4) is 11.8 Å². The number of benzene rings is 1. The highest BCUT2D eigenvalue weighted by Crippen LogP contribution is 2.22. The van der Waals surface area contributed by atoms with Crippen LogP contribution in [0.5, 0.6) is 0 Å². The molecule has 92 valence electrons. The van der Waals surface area contributed by atoms with Gasteiger partial charge < -0.3 is 5.11 Å². The van der Waals surface area contributed by atoms with Crippen LogP contribution in [0.25, 0.3) is 0 Å². The van der Waals surface area contributed by atoms with Gasteiger partial charge in [-0.2, -0.15) is 0 Å². The second kappa shape index (κ2) is 5.33. The Morgan fingerprint density at radius 3 is 2.59 bits per heavy atom. The number of aliphatic hydroxyl groups excluding tert-OH is 1. The molecule has 0 saturated heterocycles. The van der Waals surface area contributed by atoms with Gasteiger partial charge in [-0.05, 0) is 33.3 Å². The van der Waals surface area contributed by atoms with E-state index in [4.69, 9.17) is 0 Å². The third-order valence-corrected chi connectivity index (χ3v) is 2.34. The molecule has 0 saturated carbocycles. The van der Waals surface area contributed by atoms with E-state index in [0.29, 0.717) is 11.1 Å². The number of rotatable bonds is 2. The van der Waals surface area contributed by atoms with Crippen molar-refractivity contribution in [2.75, 3.05) is 0 Å². The fraction of sp³-hybridized carbons (Fsp3) is 0.467. The van der Waals surface area contributed by atoms with Crippen molar-refractivity contribution in [2.24, 2.45) is 5.41 Å². The van der Waals surface area contributed by atoms with Crippen LogP contribution >= 0.6 is 0 Å². The van der Waals surface area contributed by atoms with Crippen molar-refractivity contribution in [1.29, 1.82) is 0 Å². The van der Waals surface area contributed by atoms with Crippen molar-refractivity contribution in [3.63, 3.8) is 0 Å². The van der Waals surface area contributed by atoms with Crippen molar-refractivity contribution in [2.45, 2.75) is 40.2 Å². The molecule has 0 radical (unpaired) electrons. The molecule has 1 rings (SSSR count). The Morgan fingerprint density at radius 1 is 1.35 bits per heavy atom. The number of halogens is 1. The minimum absolute atomic E-state index is 0.0924. The average molecular weight is 234 g/mol. The standard InChI is InChI=1S/C15H19FO/c1-11-7-5-8-12(14(11)16)13(17)9-6-10-15(2,3)4/h5,7-8,13,17H,9H2,1-4H3. The van der Waals surface area contributed by atoms with Gasteiger partial charge in [-0.25, -0.2) is 4.39 Å². The summed E-state index contributed by atoms with van der Waals surface area (Å²) in [5.41, 5.74) is 0.781. The summed E-state index contributed by atoms with van der Waals surface area (Å²) in [5.74, 6) is 5.59. The molecular weight excluding hydrogens is 215 g/mol. The second-order valence-corrected chi connectivity index (χ2v) is 5.25. The van der Waals surface area contributed by atoms with Gasteiger partial charge in [-0.1, -0.05) is 30.0 Å². The quantitative estimate of drug-likeness (QED) is 0.775. The third kappa shape index (κ3) is 4.20. The largest absolute Gasteiger partial charge is 0.387 e. The molecule has 2 heteroatoms. The van der Waals surface area contributed by atoms with Gasteiger partial charge in [-0.3, -0.25) is 0 Å². The molecule has 0 aromatic heterocycles. The molecule has 1 N–H and O–H groups in total. The molecule has 0 aliphatic rings. The molecule has 1 aromatic carbocycles. The van der Waals surface area contributed by atoms with E-state index in [9.17, 15) is 9.50 Å². The molecule has 0 aliphatic heterocycles. The SMILES string of the molecule is Cc1cccc(C(O)CC#CC(C)(C)C)c1F. The van der Waals surface area contributed by atoms with Gasteiger partial charge in [0.1, 0.15) is 5.82 Å². The fourth-order valence-corrected chi connectivity index (χ4v) is 1.45. The Kier molecular flexibility index (Phi) is 4.31. The summed E-state index contributed by atoms with van der Waals surface area (Å²) in [6.07, 6.45) is -0.595. The number of hydrogen-bond donors (Lipinski definition) is 1. The highest BCUT2D eigenvalue weighted by Gasteiger charge is 2.13. The van der Waals surface area contributed by atoms with Crippen LogP contribution < -0.4 is 0 Å². The second-order valence-electron chi connectivity index (χ2n) is 5.25. The first kappa shape index (κ1) is 13.7. The Bertz CT molecular complexity index is 446. The van der Waals surface area contributed by atoms with Crippen LogP contribution in [-0.2, 0) is 0 Å². The molecule has 0 heterocycles. The van der Waals surface area contributed by atoms with Crippen LogP contribution in [0, 0.1) is 30.0 Å². The molecule has 0 fully saturated rings. The maximum atomic E-state index is 13.7. The summed E-state index contributed by atoms with van der Waals surface area (Å²) in [4.78, 5) is 0. The Labute approximate surface area is 103 Å². The number of aliphatic hydroxyl groups is 1. The van der Waals surface area contributed by atoms with Gasteiger partial charge in [-0.15, -0.1) is 0 Å². The molecular formula is C15H19FO. The highest BCUT2D eigenvalue weighted by molar-refractivity contribution is 5.27. The molecule has 0 aliphatic carbocycles. The fourth-order valence-electron chi connectivity index (χ4n) is 1.45. The van der Waals surface area contributed by atoms with Crippen LogP contribution in [0.4, 0.5) is 4.39 Å². The van der Waals surface area contributed by atoms with Crippen molar-refractivity contribution in [1.82, 2.24) is 0 Å². The lowest BCUT2D eigenvalue weighted by Crippen LogP contribution is -2.03. The predicted molar refractivity (Wildman–Crippen MR) is 67.9 cm³/mol. The van der Waals surface area contributed by atoms with Crippen LogP contribution in [-0.4, -0.2) is 5.11 Å². The first-order chi connectivity index (χ1) is 7.81. The van der Waals surface area contributed by atoms with E-state index in [1.165, 1.54) is 0 Å². The molecule has 17 heavy (non-hydrogen) atoms. The van der Waals surface area contributed by atoms with E-state index in [0.717, 1.165) is 0 Å². The molecule has 1 aromatic rings. The lowest BCUT2D eigenvalue weighted by atomic mass is 9.97. The molecule has 1 nitrogen and oxygen atoms in total. The van der Waals surface area contributed by atoms with Crippen molar-refractivity contribution in [3.05, 3.63) is 35.1 Å². The first-order valence-corrected chi connectivity index (χ1v) is 5.74. The van der Waals surface area contributed by atoms with Gasteiger partial charge >= 0.3 is 0 Å². The van der Waals surface area contributed by atoms with E-state index < -0.39 is 6.10 Å². The monoisotopic (exact) mass is 234 g/mol. The van der Waals surface area contributed by atoms with E-state index >= 15 is 0 Å². The Morgan fingerprint density at radius 2 is 2.00 bits per heavy atom. The molecule has 0 amide bonds. The van der Waals surface area contributed by atoms with Gasteiger partial charge in [0.05, 0.1) is 6.10 Å². The molecule has 0 bridgehead atoms. The lowest BCUT2D eigenvalue weighted by Gasteiger charge is -2.11. The normalized spacial score (nSPS) is 12.8. The molecule has 0 spiro atoms. The topological polar surface area (TPSA) is 20.2 Å². The van der Waals surface area contributed by atoms with E-state index in [-0.39, 0.29) is 17.7 Å². The molecule has 1 atom stereocenters. The van der Waals surface area contributed by atoms with Gasteiger partial charge in [0.2, 0.25) is 0 Å². The smallest absolute Gasteiger partial charge is 0.131 e. The van der Waals surface area contributed by atoms with Crippen LogP contribution in [0.15, 0.2) is 18.2 Å². The minimum atomic E-state index is -0.857. The Balaban J connectivity index is 2.80. The maximum absolute atomic E-state index is 13.7. The third-order valence-electron chi connectivity index (χ3n) is 2.34. The van der Waals surface area contributed by atoms with Gasteiger partial charge in [0.25, 0.3) is 0 Å². The molecule has 1 unspecified atom stereocenters. The number of aryl methyl sites for hydroxylation is 1. The summed E-state index contributed by atoms with van der Waals surface area (Å²) in [6, 6.07) is 5.03. The Hall–Kier alpha value is -1.33. The van der Waals surface area contributed by atoms with Crippen molar-refractivity contribution < 1.29 is 9.50 Å². The summed E-state index contributed by atoms with van der Waals surface area (Å²) < 4.78 is 13.7. The van der Waals surface area contributed by atoms with Crippen molar-refractivity contribution >= 4 is 0 Å². The van der Waals surface area contributed by atoms with Gasteiger partial charge in [0.15, 0.2) is 0 Å². The predicted octanol–water partition coefficient (Wildman–Crippen LogP) is 3.61. The zero-order chi connectivity index (χ0) is 13.1. The summed E-state index contributed by atoms with van der Waals surface area (Å²) in [6.45, 7) is 7.69. The zero-order valence-corrected chi connectivity index (χ0v) is 10.8. The summed E-state index contributed by atoms with van der Waals surface area (Å²) >= 11 is 0. The summed E-state index contributed by atoms with van der Waals surface area (Å²) in [7, 11) is 0. The minimum Gasteiger partial charge on any atom is -0.387 e. The van der Waals surface area contributed by atoms with E-state index in [2.05, 4.69) is 11.8 Å². The zero-order valence-electron chi connectivity index (χ0n) is 10.8. The average Bonchev–Trinajstić information content (AvgIpc) is 2.20.